The summed E-state index contributed by atoms with van der Waals surface area (Å²) >= 11 is 0. The van der Waals surface area contributed by atoms with E-state index in [-0.39, 0.29) is 30.3 Å². The van der Waals surface area contributed by atoms with Crippen LogP contribution in [0, 0.1) is 5.92 Å². The van der Waals surface area contributed by atoms with Gasteiger partial charge in [-0.3, -0.25) is 4.79 Å². The van der Waals surface area contributed by atoms with E-state index in [1.165, 1.54) is 11.1 Å². The molecule has 0 bridgehead atoms. The Morgan fingerprint density at radius 3 is 2.33 bits per heavy atom. The van der Waals surface area contributed by atoms with Gasteiger partial charge in [0.05, 0.1) is 0 Å². The van der Waals surface area contributed by atoms with Gasteiger partial charge in [0.25, 0.3) is 0 Å². The Hall–Kier alpha value is -1.06. The van der Waals surface area contributed by atoms with E-state index in [9.17, 15) is 4.79 Å². The molecule has 2 rings (SSSR count). The molecule has 3 nitrogen and oxygen atoms in total. The first-order chi connectivity index (χ1) is 9.45. The zero-order chi connectivity index (χ0) is 14.9. The van der Waals surface area contributed by atoms with E-state index in [2.05, 4.69) is 38.1 Å². The molecule has 1 aliphatic carbocycles. The predicted molar refractivity (Wildman–Crippen MR) is 89.9 cm³/mol. The molecule has 21 heavy (non-hydrogen) atoms. The van der Waals surface area contributed by atoms with E-state index < -0.39 is 0 Å². The number of likely N-dealkylation sites (N-methyl/N-ethyl adjacent to an activating group) is 1. The Balaban J connectivity index is 0.00000220. The zero-order valence-electron chi connectivity index (χ0n) is 13.4. The molecule has 1 aliphatic rings. The minimum Gasteiger partial charge on any atom is -0.342 e. The van der Waals surface area contributed by atoms with Crippen LogP contribution in [0.25, 0.3) is 0 Å². The number of nitrogens with two attached hydrogens (primary N) is 1. The molecule has 3 atom stereocenters. The molecule has 3 unspecified atom stereocenters. The average Bonchev–Trinajstić information content (AvgIpc) is 3.25. The van der Waals surface area contributed by atoms with Crippen LogP contribution in [0.3, 0.4) is 0 Å². The number of carbonyl (C=O) groups excluding carboxylic acids is 1. The minimum atomic E-state index is 0. The fourth-order valence-corrected chi connectivity index (χ4v) is 2.60. The maximum atomic E-state index is 12.3. The fourth-order valence-electron chi connectivity index (χ4n) is 2.60. The molecule has 0 radical (unpaired) electrons. The van der Waals surface area contributed by atoms with Crippen LogP contribution >= 0.6 is 12.4 Å². The van der Waals surface area contributed by atoms with E-state index in [1.54, 1.807) is 4.90 Å². The number of nitrogens with zero attached hydrogens (tertiary/aromatic N) is 1. The molecule has 2 N–H and O–H groups in total. The van der Waals surface area contributed by atoms with Crippen molar-refractivity contribution in [3.05, 3.63) is 35.4 Å². The second kappa shape index (κ2) is 7.28. The Morgan fingerprint density at radius 2 is 1.86 bits per heavy atom. The standard InChI is InChI=1S/C17H26N2O.ClH/c1-11(2)13-5-7-14(8-6-13)15-9-16(15)17(20)19(4)12(3)10-18;/h5-8,11-12,15-16H,9-10,18H2,1-4H3;1H. The summed E-state index contributed by atoms with van der Waals surface area (Å²) in [6.45, 7) is 6.90. The number of carbonyl (C=O) groups is 1. The molecule has 1 fully saturated rings. The van der Waals surface area contributed by atoms with Crippen molar-refractivity contribution in [2.75, 3.05) is 13.6 Å². The Kier molecular flexibility index (Phi) is 6.24. The van der Waals surface area contributed by atoms with E-state index in [0.717, 1.165) is 6.42 Å². The van der Waals surface area contributed by atoms with Crippen molar-refractivity contribution in [1.82, 2.24) is 4.90 Å². The molecule has 0 spiro atoms. The smallest absolute Gasteiger partial charge is 0.226 e. The lowest BCUT2D eigenvalue weighted by Gasteiger charge is -2.23. The zero-order valence-corrected chi connectivity index (χ0v) is 14.2. The first-order valence-corrected chi connectivity index (χ1v) is 7.52. The Bertz CT molecular complexity index is 472. The number of halogens is 1. The molecular formula is C17H27ClN2O. The van der Waals surface area contributed by atoms with Gasteiger partial charge in [-0.2, -0.15) is 0 Å². The summed E-state index contributed by atoms with van der Waals surface area (Å²) in [5.41, 5.74) is 8.27. The predicted octanol–water partition coefficient (Wildman–Crippen LogP) is 3.14. The van der Waals surface area contributed by atoms with Crippen LogP contribution < -0.4 is 5.73 Å². The largest absolute Gasteiger partial charge is 0.342 e. The van der Waals surface area contributed by atoms with Crippen LogP contribution in [-0.4, -0.2) is 30.4 Å². The van der Waals surface area contributed by atoms with E-state index in [0.29, 0.717) is 18.4 Å². The third kappa shape index (κ3) is 3.98. The molecule has 1 saturated carbocycles. The van der Waals surface area contributed by atoms with Crippen LogP contribution in [0.15, 0.2) is 24.3 Å². The highest BCUT2D eigenvalue weighted by Crippen LogP contribution is 2.48. The Labute approximate surface area is 134 Å². The van der Waals surface area contributed by atoms with Gasteiger partial charge in [0.2, 0.25) is 5.91 Å². The summed E-state index contributed by atoms with van der Waals surface area (Å²) in [5.74, 6) is 1.34. The molecule has 0 heterocycles. The molecule has 0 saturated heterocycles. The maximum Gasteiger partial charge on any atom is 0.226 e. The number of amides is 1. The summed E-state index contributed by atoms with van der Waals surface area (Å²) in [5, 5.41) is 0. The SMILES string of the molecule is CC(C)c1ccc(C2CC2C(=O)N(C)C(C)CN)cc1.Cl. The van der Waals surface area contributed by atoms with Crippen molar-refractivity contribution in [3.63, 3.8) is 0 Å². The third-order valence-corrected chi connectivity index (χ3v) is 4.49. The summed E-state index contributed by atoms with van der Waals surface area (Å²) < 4.78 is 0. The summed E-state index contributed by atoms with van der Waals surface area (Å²) in [6.07, 6.45) is 0.974. The average molecular weight is 311 g/mol. The fraction of sp³-hybridized carbons (Fsp3) is 0.588. The van der Waals surface area contributed by atoms with Crippen molar-refractivity contribution in [3.8, 4) is 0 Å². The molecule has 1 aromatic rings. The maximum absolute atomic E-state index is 12.3. The van der Waals surface area contributed by atoms with Gasteiger partial charge in [0, 0.05) is 25.6 Å². The number of benzene rings is 1. The van der Waals surface area contributed by atoms with Gasteiger partial charge < -0.3 is 10.6 Å². The van der Waals surface area contributed by atoms with E-state index in [4.69, 9.17) is 5.73 Å². The van der Waals surface area contributed by atoms with Crippen LogP contribution in [0.4, 0.5) is 0 Å². The van der Waals surface area contributed by atoms with E-state index in [1.807, 2.05) is 14.0 Å². The van der Waals surface area contributed by atoms with Crippen LogP contribution in [0.5, 0.6) is 0 Å². The first-order valence-electron chi connectivity index (χ1n) is 7.52. The lowest BCUT2D eigenvalue weighted by atomic mass is 10.00. The highest BCUT2D eigenvalue weighted by molar-refractivity contribution is 5.85. The number of rotatable bonds is 5. The highest BCUT2D eigenvalue weighted by Gasteiger charge is 2.45. The molecule has 1 amide bonds. The minimum absolute atomic E-state index is 0. The molecular weight excluding hydrogens is 284 g/mol. The lowest BCUT2D eigenvalue weighted by molar-refractivity contribution is -0.133. The summed E-state index contributed by atoms with van der Waals surface area (Å²) in [4.78, 5) is 14.1. The van der Waals surface area contributed by atoms with Crippen LogP contribution in [0.1, 0.15) is 50.2 Å². The number of hydrogen-bond acceptors (Lipinski definition) is 2. The van der Waals surface area contributed by atoms with Gasteiger partial charge in [-0.05, 0) is 36.3 Å². The molecule has 118 valence electrons. The monoisotopic (exact) mass is 310 g/mol. The van der Waals surface area contributed by atoms with Gasteiger partial charge in [-0.1, -0.05) is 38.1 Å². The van der Waals surface area contributed by atoms with Crippen molar-refractivity contribution >= 4 is 18.3 Å². The van der Waals surface area contributed by atoms with Gasteiger partial charge in [0.15, 0.2) is 0 Å². The normalized spacial score (nSPS) is 21.6. The van der Waals surface area contributed by atoms with Crippen molar-refractivity contribution in [1.29, 1.82) is 0 Å². The quantitative estimate of drug-likeness (QED) is 0.908. The van der Waals surface area contributed by atoms with Crippen LogP contribution in [-0.2, 0) is 4.79 Å². The summed E-state index contributed by atoms with van der Waals surface area (Å²) in [6, 6.07) is 8.85. The molecule has 1 aromatic carbocycles. The molecule has 4 heteroatoms. The second-order valence-corrected chi connectivity index (χ2v) is 6.30. The topological polar surface area (TPSA) is 46.3 Å². The molecule has 0 aliphatic heterocycles. The second-order valence-electron chi connectivity index (χ2n) is 6.30. The van der Waals surface area contributed by atoms with Gasteiger partial charge in [-0.15, -0.1) is 12.4 Å². The Morgan fingerprint density at radius 1 is 1.29 bits per heavy atom. The first kappa shape index (κ1) is 18.0. The number of hydrogen-bond donors (Lipinski definition) is 1. The summed E-state index contributed by atoms with van der Waals surface area (Å²) in [7, 11) is 1.86. The van der Waals surface area contributed by atoms with Crippen molar-refractivity contribution < 1.29 is 4.79 Å². The van der Waals surface area contributed by atoms with E-state index >= 15 is 0 Å². The van der Waals surface area contributed by atoms with Crippen molar-refractivity contribution in [2.45, 2.75) is 45.1 Å². The lowest BCUT2D eigenvalue weighted by Crippen LogP contribution is -2.40. The van der Waals surface area contributed by atoms with Crippen LogP contribution in [0.2, 0.25) is 0 Å². The van der Waals surface area contributed by atoms with Gasteiger partial charge in [0.1, 0.15) is 0 Å². The highest BCUT2D eigenvalue weighted by atomic mass is 35.5. The van der Waals surface area contributed by atoms with Crippen molar-refractivity contribution in [2.24, 2.45) is 11.7 Å². The van der Waals surface area contributed by atoms with Gasteiger partial charge >= 0.3 is 0 Å². The molecule has 0 aromatic heterocycles. The third-order valence-electron chi connectivity index (χ3n) is 4.49. The van der Waals surface area contributed by atoms with Gasteiger partial charge in [-0.25, -0.2) is 0 Å².